The minimum absolute atomic E-state index is 0.107. The lowest BCUT2D eigenvalue weighted by atomic mass is 9.97. The molecule has 2 N–H and O–H groups in total. The first-order valence-corrected chi connectivity index (χ1v) is 11.3. The monoisotopic (exact) mass is 462 g/mol. The highest BCUT2D eigenvalue weighted by molar-refractivity contribution is 5.98. The van der Waals surface area contributed by atoms with Gasteiger partial charge < -0.3 is 20.1 Å². The maximum Gasteiger partial charge on any atom is 0.311 e. The summed E-state index contributed by atoms with van der Waals surface area (Å²) in [5, 5.41) is 18.9. The maximum absolute atomic E-state index is 13.4. The molecule has 2 heterocycles. The first-order valence-electron chi connectivity index (χ1n) is 11.3. The van der Waals surface area contributed by atoms with Crippen LogP contribution in [-0.4, -0.2) is 42.1 Å². The van der Waals surface area contributed by atoms with E-state index < -0.39 is 10.5 Å². The van der Waals surface area contributed by atoms with E-state index >= 15 is 0 Å². The summed E-state index contributed by atoms with van der Waals surface area (Å²) >= 11 is 0. The number of hydrogen-bond acceptors (Lipinski definition) is 7. The van der Waals surface area contributed by atoms with Gasteiger partial charge in [0, 0.05) is 41.4 Å². The van der Waals surface area contributed by atoms with E-state index in [0.29, 0.717) is 23.5 Å². The smallest absolute Gasteiger partial charge is 0.311 e. The van der Waals surface area contributed by atoms with Crippen molar-refractivity contribution in [3.8, 4) is 11.5 Å². The first-order chi connectivity index (χ1) is 16.4. The number of carbonyl (C=O) groups excluding carboxylic acids is 1. The van der Waals surface area contributed by atoms with E-state index in [4.69, 9.17) is 9.47 Å². The summed E-state index contributed by atoms with van der Waals surface area (Å²) in [6.45, 7) is 2.93. The zero-order valence-corrected chi connectivity index (χ0v) is 19.1. The van der Waals surface area contributed by atoms with Crippen molar-refractivity contribution in [2.45, 2.75) is 37.8 Å². The van der Waals surface area contributed by atoms with Crippen LogP contribution < -0.4 is 20.1 Å². The van der Waals surface area contributed by atoms with E-state index in [9.17, 15) is 14.9 Å². The molecule has 0 spiro atoms. The summed E-state index contributed by atoms with van der Waals surface area (Å²) < 4.78 is 11.2. The highest BCUT2D eigenvalue weighted by atomic mass is 16.6. The molecule has 0 radical (unpaired) electrons. The van der Waals surface area contributed by atoms with Crippen molar-refractivity contribution in [3.63, 3.8) is 0 Å². The minimum Gasteiger partial charge on any atom is -0.497 e. The number of nitrogens with zero attached hydrogens (tertiary/aromatic N) is 2. The van der Waals surface area contributed by atoms with Crippen LogP contribution >= 0.6 is 0 Å². The van der Waals surface area contributed by atoms with Crippen LogP contribution in [0.1, 0.15) is 40.7 Å². The highest BCUT2D eigenvalue weighted by Gasteiger charge is 2.47. The molecule has 2 fully saturated rings. The molecule has 9 nitrogen and oxygen atoms in total. The van der Waals surface area contributed by atoms with Gasteiger partial charge in [-0.05, 0) is 56.0 Å². The van der Waals surface area contributed by atoms with Gasteiger partial charge in [0.05, 0.1) is 23.1 Å². The SMILES string of the molecule is COc1cc(C2(NC(=O)c3cc(OC[C@@H]4CCN4)c([N+](=O)[O-])cc3C)CC2)c2cccnc2c1. The van der Waals surface area contributed by atoms with E-state index in [0.717, 1.165) is 42.3 Å². The molecule has 2 aromatic carbocycles. The number of ether oxygens (including phenoxy) is 2. The molecule has 1 aliphatic heterocycles. The Morgan fingerprint density at radius 3 is 2.76 bits per heavy atom. The molecular weight excluding hydrogens is 436 g/mol. The highest BCUT2D eigenvalue weighted by Crippen LogP contribution is 2.49. The molecule has 34 heavy (non-hydrogen) atoms. The summed E-state index contributed by atoms with van der Waals surface area (Å²) in [5.74, 6) is 0.486. The van der Waals surface area contributed by atoms with E-state index in [-0.39, 0.29) is 23.4 Å². The average Bonchev–Trinajstić information content (AvgIpc) is 3.57. The first kappa shape index (κ1) is 22.1. The lowest BCUT2D eigenvalue weighted by molar-refractivity contribution is -0.385. The topological polar surface area (TPSA) is 116 Å². The number of fused-ring (bicyclic) bond motifs is 1. The predicted octanol–water partition coefficient (Wildman–Crippen LogP) is 3.62. The van der Waals surface area contributed by atoms with Gasteiger partial charge in [0.15, 0.2) is 5.75 Å². The Morgan fingerprint density at radius 2 is 2.12 bits per heavy atom. The van der Waals surface area contributed by atoms with Crippen molar-refractivity contribution >= 4 is 22.5 Å². The van der Waals surface area contributed by atoms with Crippen LogP contribution in [0.15, 0.2) is 42.6 Å². The summed E-state index contributed by atoms with van der Waals surface area (Å²) in [4.78, 5) is 29.0. The van der Waals surface area contributed by atoms with Crippen LogP contribution in [0.5, 0.6) is 11.5 Å². The van der Waals surface area contributed by atoms with Crippen molar-refractivity contribution < 1.29 is 19.2 Å². The van der Waals surface area contributed by atoms with Crippen LogP contribution in [0.2, 0.25) is 0 Å². The zero-order chi connectivity index (χ0) is 23.9. The summed E-state index contributed by atoms with van der Waals surface area (Å²) in [5.41, 5.74) is 1.95. The lowest BCUT2D eigenvalue weighted by Crippen LogP contribution is -2.46. The van der Waals surface area contributed by atoms with Gasteiger partial charge in [-0.15, -0.1) is 0 Å². The van der Waals surface area contributed by atoms with Gasteiger partial charge in [-0.1, -0.05) is 6.07 Å². The maximum atomic E-state index is 13.4. The average molecular weight is 463 g/mol. The second-order valence-electron chi connectivity index (χ2n) is 8.92. The van der Waals surface area contributed by atoms with Crippen molar-refractivity contribution in [2.24, 2.45) is 0 Å². The van der Waals surface area contributed by atoms with E-state index in [1.54, 1.807) is 20.2 Å². The Hall–Kier alpha value is -3.72. The number of pyridine rings is 1. The fourth-order valence-electron chi connectivity index (χ4n) is 4.40. The molecule has 1 atom stereocenters. The van der Waals surface area contributed by atoms with Gasteiger partial charge in [0.1, 0.15) is 12.4 Å². The molecule has 2 aliphatic rings. The Labute approximate surface area is 196 Å². The number of aromatic nitrogens is 1. The van der Waals surface area contributed by atoms with Crippen LogP contribution in [0.4, 0.5) is 5.69 Å². The quantitative estimate of drug-likeness (QED) is 0.388. The second-order valence-corrected chi connectivity index (χ2v) is 8.92. The third kappa shape index (κ3) is 4.03. The Balaban J connectivity index is 1.46. The van der Waals surface area contributed by atoms with Gasteiger partial charge in [-0.2, -0.15) is 0 Å². The molecule has 1 amide bonds. The summed E-state index contributed by atoms with van der Waals surface area (Å²) in [6, 6.07) is 10.7. The lowest BCUT2D eigenvalue weighted by Gasteiger charge is -2.27. The number of nitrogens with one attached hydrogen (secondary N) is 2. The molecule has 176 valence electrons. The van der Waals surface area contributed by atoms with E-state index in [2.05, 4.69) is 15.6 Å². The van der Waals surface area contributed by atoms with Gasteiger partial charge in [0.2, 0.25) is 0 Å². The molecule has 3 aromatic rings. The number of nitro benzene ring substituents is 1. The molecule has 5 rings (SSSR count). The number of benzene rings is 2. The van der Waals surface area contributed by atoms with Crippen molar-refractivity contribution in [3.05, 3.63) is 69.4 Å². The third-order valence-corrected chi connectivity index (χ3v) is 6.66. The number of rotatable bonds is 8. The molecule has 1 aliphatic carbocycles. The zero-order valence-electron chi connectivity index (χ0n) is 19.1. The molecule has 1 saturated heterocycles. The summed E-state index contributed by atoms with van der Waals surface area (Å²) in [6.07, 6.45) is 4.24. The largest absolute Gasteiger partial charge is 0.497 e. The number of amides is 1. The van der Waals surface area contributed by atoms with Crippen LogP contribution in [0.3, 0.4) is 0 Å². The number of nitro groups is 1. The van der Waals surface area contributed by atoms with Gasteiger partial charge in [-0.25, -0.2) is 0 Å². The fourth-order valence-corrected chi connectivity index (χ4v) is 4.40. The van der Waals surface area contributed by atoms with E-state index in [1.807, 2.05) is 24.3 Å². The number of methoxy groups -OCH3 is 1. The number of aryl methyl sites for hydroxylation is 1. The van der Waals surface area contributed by atoms with Crippen molar-refractivity contribution in [2.75, 3.05) is 20.3 Å². The van der Waals surface area contributed by atoms with Crippen LogP contribution in [0.25, 0.3) is 10.9 Å². The molecule has 1 aromatic heterocycles. The predicted molar refractivity (Wildman–Crippen MR) is 126 cm³/mol. The molecular formula is C25H26N4O5. The Morgan fingerprint density at radius 1 is 1.32 bits per heavy atom. The second kappa shape index (κ2) is 8.57. The molecule has 0 bridgehead atoms. The van der Waals surface area contributed by atoms with Gasteiger partial charge in [-0.3, -0.25) is 19.9 Å². The number of carbonyl (C=O) groups is 1. The third-order valence-electron chi connectivity index (χ3n) is 6.66. The van der Waals surface area contributed by atoms with Crippen molar-refractivity contribution in [1.29, 1.82) is 0 Å². The Kier molecular flexibility index (Phi) is 5.57. The molecule has 1 saturated carbocycles. The summed E-state index contributed by atoms with van der Waals surface area (Å²) in [7, 11) is 1.60. The molecule has 0 unspecified atom stereocenters. The van der Waals surface area contributed by atoms with Crippen LogP contribution in [-0.2, 0) is 5.54 Å². The molecule has 9 heteroatoms. The normalized spacial score (nSPS) is 18.1. The van der Waals surface area contributed by atoms with E-state index in [1.165, 1.54) is 12.1 Å². The van der Waals surface area contributed by atoms with Gasteiger partial charge in [0.25, 0.3) is 5.91 Å². The fraction of sp³-hybridized carbons (Fsp3) is 0.360. The van der Waals surface area contributed by atoms with Crippen LogP contribution in [0, 0.1) is 17.0 Å². The number of hydrogen-bond donors (Lipinski definition) is 2. The van der Waals surface area contributed by atoms with Crippen molar-refractivity contribution in [1.82, 2.24) is 15.6 Å². The minimum atomic E-state index is -0.544. The standard InChI is InChI=1S/C25H26N4O5/c1-15-10-22(29(31)32)23(34-14-16-5-9-26-16)13-19(15)24(30)28-25(6-7-25)20-11-17(33-2)12-21-18(20)4-3-8-27-21/h3-4,8,10-13,16,26H,5-7,9,14H2,1-2H3,(H,28,30)/t16-/m0/s1. The van der Waals surface area contributed by atoms with Gasteiger partial charge >= 0.3 is 5.69 Å². The Bertz CT molecular complexity index is 1280.